The molecule has 192 valence electrons. The second-order valence-corrected chi connectivity index (χ2v) is 11.0. The Morgan fingerprint density at radius 3 is 2.46 bits per heavy atom. The highest BCUT2D eigenvalue weighted by Gasteiger charge is 2.32. The quantitative estimate of drug-likeness (QED) is 0.484. The molecule has 2 aromatic rings. The number of carbonyl (C=O) groups excluding carboxylic acids is 1. The highest BCUT2D eigenvalue weighted by molar-refractivity contribution is 7.89. The van der Waals surface area contributed by atoms with Crippen LogP contribution in [-0.4, -0.2) is 68.5 Å². The SMILES string of the molecule is CC(C)CN(C[C@H](O)C(Cc1ccccc1)NC(=O)O[C@@H]1CCOC1)S(=O)(=O)c1ccc(F)cc1. The van der Waals surface area contributed by atoms with E-state index in [0.717, 1.165) is 17.7 Å². The van der Waals surface area contributed by atoms with Crippen LogP contribution in [0.5, 0.6) is 0 Å². The molecule has 1 aliphatic heterocycles. The summed E-state index contributed by atoms with van der Waals surface area (Å²) in [5.41, 5.74) is 0.859. The molecule has 0 saturated carbocycles. The highest BCUT2D eigenvalue weighted by Crippen LogP contribution is 2.20. The van der Waals surface area contributed by atoms with Crippen molar-refractivity contribution in [2.45, 2.75) is 49.8 Å². The van der Waals surface area contributed by atoms with Crippen LogP contribution in [0.4, 0.5) is 9.18 Å². The largest absolute Gasteiger partial charge is 0.444 e. The first kappa shape index (κ1) is 27.1. The first-order chi connectivity index (χ1) is 16.6. The Morgan fingerprint density at radius 1 is 1.17 bits per heavy atom. The summed E-state index contributed by atoms with van der Waals surface area (Å²) in [5, 5.41) is 13.9. The van der Waals surface area contributed by atoms with E-state index in [-0.39, 0.29) is 36.4 Å². The predicted molar refractivity (Wildman–Crippen MR) is 129 cm³/mol. The van der Waals surface area contributed by atoms with Gasteiger partial charge in [-0.05, 0) is 42.2 Å². The van der Waals surface area contributed by atoms with Crippen molar-refractivity contribution in [3.63, 3.8) is 0 Å². The number of rotatable bonds is 11. The summed E-state index contributed by atoms with van der Waals surface area (Å²) in [5.74, 6) is -0.581. The smallest absolute Gasteiger partial charge is 0.407 e. The lowest BCUT2D eigenvalue weighted by molar-refractivity contribution is 0.0644. The monoisotopic (exact) mass is 508 g/mol. The maximum Gasteiger partial charge on any atom is 0.407 e. The van der Waals surface area contributed by atoms with Gasteiger partial charge in [0.2, 0.25) is 10.0 Å². The van der Waals surface area contributed by atoms with Gasteiger partial charge >= 0.3 is 6.09 Å². The second kappa shape index (κ2) is 12.4. The average Bonchev–Trinajstić information content (AvgIpc) is 3.31. The fraction of sp³-hybridized carbons (Fsp3) is 0.480. The van der Waals surface area contributed by atoms with Crippen molar-refractivity contribution < 1.29 is 32.2 Å². The van der Waals surface area contributed by atoms with Crippen LogP contribution in [0, 0.1) is 11.7 Å². The van der Waals surface area contributed by atoms with Gasteiger partial charge in [0, 0.05) is 19.5 Å². The van der Waals surface area contributed by atoms with E-state index >= 15 is 0 Å². The van der Waals surface area contributed by atoms with Gasteiger partial charge < -0.3 is 19.9 Å². The maximum absolute atomic E-state index is 13.4. The van der Waals surface area contributed by atoms with Gasteiger partial charge in [0.05, 0.1) is 30.3 Å². The van der Waals surface area contributed by atoms with Gasteiger partial charge in [-0.25, -0.2) is 17.6 Å². The zero-order valence-corrected chi connectivity index (χ0v) is 20.8. The van der Waals surface area contributed by atoms with Crippen LogP contribution in [0.3, 0.4) is 0 Å². The molecular weight excluding hydrogens is 475 g/mol. The molecule has 1 amide bonds. The van der Waals surface area contributed by atoms with Crippen LogP contribution >= 0.6 is 0 Å². The molecule has 0 bridgehead atoms. The minimum atomic E-state index is -4.02. The molecule has 3 atom stereocenters. The molecule has 2 N–H and O–H groups in total. The zero-order chi connectivity index (χ0) is 25.4. The number of nitrogens with zero attached hydrogens (tertiary/aromatic N) is 1. The predicted octanol–water partition coefficient (Wildman–Crippen LogP) is 2.96. The number of sulfonamides is 1. The van der Waals surface area contributed by atoms with Crippen molar-refractivity contribution in [2.24, 2.45) is 5.92 Å². The standard InChI is InChI=1S/C25H33FN2O6S/c1-18(2)15-28(35(31,32)22-10-8-20(26)9-11-22)16-24(29)23(14-19-6-4-3-5-7-19)27-25(30)34-21-12-13-33-17-21/h3-11,18,21,23-24,29H,12-17H2,1-2H3,(H,27,30)/t21-,23?,24+/m1/s1. The molecule has 10 heteroatoms. The molecule has 1 fully saturated rings. The number of carbonyl (C=O) groups is 1. The number of amides is 1. The topological polar surface area (TPSA) is 105 Å². The maximum atomic E-state index is 13.4. The number of hydrogen-bond donors (Lipinski definition) is 2. The third-order valence-electron chi connectivity index (χ3n) is 5.64. The van der Waals surface area contributed by atoms with Crippen LogP contribution in [0.15, 0.2) is 59.5 Å². The number of benzene rings is 2. The van der Waals surface area contributed by atoms with E-state index in [1.807, 2.05) is 44.2 Å². The molecule has 2 aromatic carbocycles. The minimum absolute atomic E-state index is 0.0368. The number of nitrogens with one attached hydrogen (secondary N) is 1. The molecule has 0 radical (unpaired) electrons. The molecule has 0 aromatic heterocycles. The summed E-state index contributed by atoms with van der Waals surface area (Å²) in [6.45, 7) is 4.43. The third kappa shape index (κ3) is 7.99. The Morgan fingerprint density at radius 2 is 1.86 bits per heavy atom. The molecule has 35 heavy (non-hydrogen) atoms. The summed E-state index contributed by atoms with van der Waals surface area (Å²) in [4.78, 5) is 12.5. The van der Waals surface area contributed by atoms with Gasteiger partial charge in [0.15, 0.2) is 0 Å². The van der Waals surface area contributed by atoms with Gasteiger partial charge in [0.25, 0.3) is 0 Å². The zero-order valence-electron chi connectivity index (χ0n) is 20.0. The summed E-state index contributed by atoms with van der Waals surface area (Å²) >= 11 is 0. The molecule has 3 rings (SSSR count). The van der Waals surface area contributed by atoms with Gasteiger partial charge in [-0.1, -0.05) is 44.2 Å². The fourth-order valence-electron chi connectivity index (χ4n) is 3.86. The first-order valence-electron chi connectivity index (χ1n) is 11.7. The van der Waals surface area contributed by atoms with Crippen LogP contribution in [0.2, 0.25) is 0 Å². The summed E-state index contributed by atoms with van der Waals surface area (Å²) < 4.78 is 51.8. The van der Waals surface area contributed by atoms with Gasteiger partial charge in [-0.3, -0.25) is 0 Å². The van der Waals surface area contributed by atoms with E-state index in [1.54, 1.807) is 0 Å². The highest BCUT2D eigenvalue weighted by atomic mass is 32.2. The van der Waals surface area contributed by atoms with Gasteiger partial charge in [-0.2, -0.15) is 4.31 Å². The van der Waals surface area contributed by atoms with Crippen molar-refractivity contribution in [2.75, 3.05) is 26.3 Å². The third-order valence-corrected chi connectivity index (χ3v) is 7.48. The van der Waals surface area contributed by atoms with E-state index in [1.165, 1.54) is 16.4 Å². The fourth-order valence-corrected chi connectivity index (χ4v) is 5.49. The molecule has 0 spiro atoms. The lowest BCUT2D eigenvalue weighted by atomic mass is 10.0. The van der Waals surface area contributed by atoms with Crippen LogP contribution < -0.4 is 5.32 Å². The van der Waals surface area contributed by atoms with Crippen LogP contribution in [-0.2, 0) is 25.9 Å². The second-order valence-electron chi connectivity index (χ2n) is 9.07. The van der Waals surface area contributed by atoms with Crippen molar-refractivity contribution in [1.29, 1.82) is 0 Å². The Balaban J connectivity index is 1.80. The van der Waals surface area contributed by atoms with E-state index in [4.69, 9.17) is 9.47 Å². The van der Waals surface area contributed by atoms with Gasteiger partial charge in [-0.15, -0.1) is 0 Å². The molecule has 1 unspecified atom stereocenters. The number of alkyl carbamates (subject to hydrolysis) is 1. The van der Waals surface area contributed by atoms with E-state index in [0.29, 0.717) is 19.6 Å². The summed E-state index contributed by atoms with van der Waals surface area (Å²) in [6.07, 6.45) is -1.43. The Labute approximate surface area is 206 Å². The lowest BCUT2D eigenvalue weighted by Crippen LogP contribution is -2.51. The summed E-state index contributed by atoms with van der Waals surface area (Å²) in [6, 6.07) is 13.0. The molecule has 1 aliphatic rings. The van der Waals surface area contributed by atoms with Crippen LogP contribution in [0.1, 0.15) is 25.8 Å². The Hall–Kier alpha value is -2.53. The average molecular weight is 509 g/mol. The Bertz CT molecular complexity index is 1040. The number of hydrogen-bond acceptors (Lipinski definition) is 6. The number of halogens is 1. The molecular formula is C25H33FN2O6S. The first-order valence-corrected chi connectivity index (χ1v) is 13.1. The van der Waals surface area contributed by atoms with Crippen LogP contribution in [0.25, 0.3) is 0 Å². The Kier molecular flexibility index (Phi) is 9.62. The number of ether oxygens (including phenoxy) is 2. The van der Waals surface area contributed by atoms with E-state index in [2.05, 4.69) is 5.32 Å². The summed E-state index contributed by atoms with van der Waals surface area (Å²) in [7, 11) is -4.02. The normalized spacial score (nSPS) is 17.9. The van der Waals surface area contributed by atoms with Crippen molar-refractivity contribution in [3.05, 3.63) is 66.0 Å². The molecule has 1 saturated heterocycles. The lowest BCUT2D eigenvalue weighted by Gasteiger charge is -2.30. The van der Waals surface area contributed by atoms with E-state index < -0.39 is 34.1 Å². The minimum Gasteiger partial charge on any atom is -0.444 e. The molecule has 8 nitrogen and oxygen atoms in total. The van der Waals surface area contributed by atoms with Crippen molar-refractivity contribution in [1.82, 2.24) is 9.62 Å². The number of aliphatic hydroxyl groups excluding tert-OH is 1. The molecule has 1 heterocycles. The van der Waals surface area contributed by atoms with E-state index in [9.17, 15) is 22.7 Å². The molecule has 0 aliphatic carbocycles. The van der Waals surface area contributed by atoms with Crippen molar-refractivity contribution >= 4 is 16.1 Å². The van der Waals surface area contributed by atoms with Gasteiger partial charge in [0.1, 0.15) is 11.9 Å². The van der Waals surface area contributed by atoms with Crippen molar-refractivity contribution in [3.8, 4) is 0 Å². The number of aliphatic hydroxyl groups is 1.